The highest BCUT2D eigenvalue weighted by atomic mass is 32.2. The van der Waals surface area contributed by atoms with Crippen LogP contribution in [-0.2, 0) is 14.8 Å². The van der Waals surface area contributed by atoms with Gasteiger partial charge in [-0.1, -0.05) is 13.8 Å². The van der Waals surface area contributed by atoms with Gasteiger partial charge in [0.15, 0.2) is 0 Å². The first-order valence-electron chi connectivity index (χ1n) is 10.3. The molecule has 0 spiro atoms. The van der Waals surface area contributed by atoms with Gasteiger partial charge < -0.3 is 9.64 Å². The lowest BCUT2D eigenvalue weighted by molar-refractivity contribution is 0.0662. The Kier molecular flexibility index (Phi) is 7.30. The lowest BCUT2D eigenvalue weighted by Gasteiger charge is -2.34. The van der Waals surface area contributed by atoms with E-state index in [-0.39, 0.29) is 10.9 Å². The molecule has 0 amide bonds. The Morgan fingerprint density at radius 2 is 1.89 bits per heavy atom. The third-order valence-corrected chi connectivity index (χ3v) is 7.01. The third kappa shape index (κ3) is 6.01. The van der Waals surface area contributed by atoms with Crippen molar-refractivity contribution in [3.05, 3.63) is 12.4 Å². The van der Waals surface area contributed by atoms with Gasteiger partial charge in [-0.25, -0.2) is 13.1 Å². The van der Waals surface area contributed by atoms with Crippen molar-refractivity contribution in [2.45, 2.75) is 56.9 Å². The van der Waals surface area contributed by atoms with E-state index in [1.165, 1.54) is 25.7 Å². The van der Waals surface area contributed by atoms with Crippen molar-refractivity contribution in [2.75, 3.05) is 39.4 Å². The smallest absolute Gasteiger partial charge is 0.243 e. The third-order valence-electron chi connectivity index (χ3n) is 5.59. The highest BCUT2D eigenvalue weighted by Gasteiger charge is 2.22. The predicted molar refractivity (Wildman–Crippen MR) is 105 cm³/mol. The van der Waals surface area contributed by atoms with Gasteiger partial charge in [0, 0.05) is 39.0 Å². The molecular weight excluding hydrogens is 364 g/mol. The second-order valence-electron chi connectivity index (χ2n) is 8.31. The van der Waals surface area contributed by atoms with Gasteiger partial charge in [-0.2, -0.15) is 5.10 Å². The summed E-state index contributed by atoms with van der Waals surface area (Å²) in [6.45, 7) is 9.91. The number of likely N-dealkylation sites (tertiary alicyclic amines) is 1. The SMILES string of the molecule is C[C@@H]1C[C@H](C)CN(CCCCNS(=O)(=O)c2cnn(C3CCOCC3)c2)C1. The zero-order valence-electron chi connectivity index (χ0n) is 16.6. The van der Waals surface area contributed by atoms with E-state index in [2.05, 4.69) is 28.6 Å². The quantitative estimate of drug-likeness (QED) is 0.680. The van der Waals surface area contributed by atoms with Gasteiger partial charge in [-0.05, 0) is 50.5 Å². The molecule has 7 nitrogen and oxygen atoms in total. The van der Waals surface area contributed by atoms with E-state index >= 15 is 0 Å². The van der Waals surface area contributed by atoms with E-state index in [1.54, 1.807) is 10.9 Å². The van der Waals surface area contributed by atoms with Gasteiger partial charge in [-0.3, -0.25) is 4.68 Å². The Labute approximate surface area is 163 Å². The second-order valence-corrected chi connectivity index (χ2v) is 10.1. The summed E-state index contributed by atoms with van der Waals surface area (Å²) in [6.07, 6.45) is 8.04. The monoisotopic (exact) mass is 398 g/mol. The van der Waals surface area contributed by atoms with E-state index in [4.69, 9.17) is 4.74 Å². The maximum absolute atomic E-state index is 12.5. The van der Waals surface area contributed by atoms with Crippen LogP contribution >= 0.6 is 0 Å². The maximum Gasteiger partial charge on any atom is 0.243 e. The van der Waals surface area contributed by atoms with Crippen LogP contribution < -0.4 is 4.72 Å². The number of hydrogen-bond acceptors (Lipinski definition) is 5. The van der Waals surface area contributed by atoms with Crippen molar-refractivity contribution < 1.29 is 13.2 Å². The lowest BCUT2D eigenvalue weighted by Crippen LogP contribution is -2.39. The standard InChI is InChI=1S/C19H34N4O3S/c1-16-11-17(2)14-22(13-16)8-4-3-7-21-27(24,25)19-12-20-23(15-19)18-5-9-26-10-6-18/h12,15-18,21H,3-11,13-14H2,1-2H3/t16-,17+. The molecule has 3 rings (SSSR count). The fourth-order valence-electron chi connectivity index (χ4n) is 4.33. The number of aromatic nitrogens is 2. The summed E-state index contributed by atoms with van der Waals surface area (Å²) in [7, 11) is -3.48. The Balaban J connectivity index is 1.40. The van der Waals surface area contributed by atoms with Crippen LogP contribution in [0.2, 0.25) is 0 Å². The summed E-state index contributed by atoms with van der Waals surface area (Å²) >= 11 is 0. The zero-order valence-corrected chi connectivity index (χ0v) is 17.5. The van der Waals surface area contributed by atoms with Crippen LogP contribution in [0.4, 0.5) is 0 Å². The molecule has 2 atom stereocenters. The predicted octanol–water partition coefficient (Wildman–Crippen LogP) is 2.27. The molecule has 2 fully saturated rings. The molecule has 2 saturated heterocycles. The molecule has 0 saturated carbocycles. The highest BCUT2D eigenvalue weighted by molar-refractivity contribution is 7.89. The Morgan fingerprint density at radius 3 is 2.59 bits per heavy atom. The summed E-state index contributed by atoms with van der Waals surface area (Å²) < 4.78 is 34.8. The van der Waals surface area contributed by atoms with Crippen molar-refractivity contribution >= 4 is 10.0 Å². The lowest BCUT2D eigenvalue weighted by atomic mass is 9.92. The number of ether oxygens (including phenoxy) is 1. The zero-order chi connectivity index (χ0) is 19.3. The van der Waals surface area contributed by atoms with E-state index in [1.807, 2.05) is 0 Å². The molecule has 2 aliphatic rings. The normalized spacial score (nSPS) is 25.7. The summed E-state index contributed by atoms with van der Waals surface area (Å²) in [5.74, 6) is 1.53. The molecule has 27 heavy (non-hydrogen) atoms. The molecular formula is C19H34N4O3S. The Morgan fingerprint density at radius 1 is 1.19 bits per heavy atom. The van der Waals surface area contributed by atoms with Crippen LogP contribution in [0.25, 0.3) is 0 Å². The van der Waals surface area contributed by atoms with Gasteiger partial charge in [0.1, 0.15) is 4.90 Å². The average molecular weight is 399 g/mol. The van der Waals surface area contributed by atoms with Crippen molar-refractivity contribution in [2.24, 2.45) is 11.8 Å². The van der Waals surface area contributed by atoms with E-state index < -0.39 is 10.0 Å². The summed E-state index contributed by atoms with van der Waals surface area (Å²) in [6, 6.07) is 0.233. The van der Waals surface area contributed by atoms with Crippen LogP contribution in [0.1, 0.15) is 52.0 Å². The number of rotatable bonds is 8. The van der Waals surface area contributed by atoms with E-state index in [0.29, 0.717) is 19.8 Å². The minimum atomic E-state index is -3.48. The topological polar surface area (TPSA) is 76.5 Å². The minimum absolute atomic E-state index is 0.233. The first-order chi connectivity index (χ1) is 12.9. The molecule has 0 unspecified atom stereocenters. The largest absolute Gasteiger partial charge is 0.381 e. The number of unbranched alkanes of at least 4 members (excludes halogenated alkanes) is 1. The molecule has 1 aromatic heterocycles. The molecule has 1 aromatic rings. The van der Waals surface area contributed by atoms with Crippen LogP contribution in [0.15, 0.2) is 17.3 Å². The second kappa shape index (κ2) is 9.49. The van der Waals surface area contributed by atoms with Crippen molar-refractivity contribution in [3.8, 4) is 0 Å². The van der Waals surface area contributed by atoms with Crippen molar-refractivity contribution in [1.82, 2.24) is 19.4 Å². The molecule has 0 bridgehead atoms. The maximum atomic E-state index is 12.5. The number of sulfonamides is 1. The first-order valence-corrected chi connectivity index (χ1v) is 11.8. The van der Waals surface area contributed by atoms with Crippen LogP contribution in [-0.4, -0.2) is 62.5 Å². The molecule has 0 radical (unpaired) electrons. The number of nitrogens with one attached hydrogen (secondary N) is 1. The molecule has 154 valence electrons. The molecule has 3 heterocycles. The number of nitrogens with zero attached hydrogens (tertiary/aromatic N) is 3. The Hall–Kier alpha value is -0.960. The summed E-state index contributed by atoms with van der Waals surface area (Å²) in [4.78, 5) is 2.78. The van der Waals surface area contributed by atoms with Crippen LogP contribution in [0.5, 0.6) is 0 Å². The minimum Gasteiger partial charge on any atom is -0.381 e. The number of piperidine rings is 1. The van der Waals surface area contributed by atoms with Crippen LogP contribution in [0, 0.1) is 11.8 Å². The fourth-order valence-corrected chi connectivity index (χ4v) is 5.35. The van der Waals surface area contributed by atoms with Gasteiger partial charge in [0.25, 0.3) is 0 Å². The van der Waals surface area contributed by atoms with Crippen molar-refractivity contribution in [1.29, 1.82) is 0 Å². The van der Waals surface area contributed by atoms with Gasteiger partial charge >= 0.3 is 0 Å². The summed E-state index contributed by atoms with van der Waals surface area (Å²) in [5, 5.41) is 4.26. The Bertz CT molecular complexity index is 675. The molecule has 0 aliphatic carbocycles. The average Bonchev–Trinajstić information content (AvgIpc) is 3.12. The molecule has 0 aromatic carbocycles. The fraction of sp³-hybridized carbons (Fsp3) is 0.842. The van der Waals surface area contributed by atoms with Gasteiger partial charge in [-0.15, -0.1) is 0 Å². The number of hydrogen-bond donors (Lipinski definition) is 1. The molecule has 1 N–H and O–H groups in total. The summed E-state index contributed by atoms with van der Waals surface area (Å²) in [5.41, 5.74) is 0. The van der Waals surface area contributed by atoms with Gasteiger partial charge in [0.05, 0.1) is 12.2 Å². The first kappa shape index (κ1) is 20.8. The van der Waals surface area contributed by atoms with E-state index in [0.717, 1.165) is 44.1 Å². The van der Waals surface area contributed by atoms with Gasteiger partial charge in [0.2, 0.25) is 10.0 Å². The van der Waals surface area contributed by atoms with Crippen molar-refractivity contribution in [3.63, 3.8) is 0 Å². The highest BCUT2D eigenvalue weighted by Crippen LogP contribution is 2.22. The molecule has 2 aliphatic heterocycles. The molecule has 8 heteroatoms. The van der Waals surface area contributed by atoms with E-state index in [9.17, 15) is 8.42 Å². The van der Waals surface area contributed by atoms with Crippen LogP contribution in [0.3, 0.4) is 0 Å².